The van der Waals surface area contributed by atoms with E-state index in [-0.39, 0.29) is 6.01 Å². The average molecular weight is 195 g/mol. The second kappa shape index (κ2) is 3.06. The Kier molecular flexibility index (Phi) is 1.90. The van der Waals surface area contributed by atoms with Gasteiger partial charge in [-0.15, -0.1) is 5.10 Å². The number of hydrogen-bond donors (Lipinski definition) is 0. The minimum absolute atomic E-state index is 0.387. The van der Waals surface area contributed by atoms with Crippen molar-refractivity contribution < 1.29 is 5.11 Å². The van der Waals surface area contributed by atoms with Crippen molar-refractivity contribution in [3.63, 3.8) is 0 Å². The third kappa shape index (κ3) is 1.48. The third-order valence-corrected chi connectivity index (χ3v) is 1.87. The lowest BCUT2D eigenvalue weighted by molar-refractivity contribution is 0.311. The summed E-state index contributed by atoms with van der Waals surface area (Å²) in [6.07, 6.45) is 1.37. The van der Waals surface area contributed by atoms with Gasteiger partial charge in [-0.2, -0.15) is 0 Å². The van der Waals surface area contributed by atoms with Crippen LogP contribution in [0, 0.1) is 0 Å². The Morgan fingerprint density at radius 1 is 1.23 bits per heavy atom. The zero-order chi connectivity index (χ0) is 9.26. The number of rotatable bonds is 1. The van der Waals surface area contributed by atoms with E-state index in [9.17, 15) is 5.11 Å². The highest BCUT2D eigenvalue weighted by atomic mass is 35.5. The summed E-state index contributed by atoms with van der Waals surface area (Å²) in [4.78, 5) is 0. The molecule has 0 N–H and O–H groups in total. The molecular weight excluding hydrogens is 190 g/mol. The zero-order valence-corrected chi connectivity index (χ0v) is 7.27. The van der Waals surface area contributed by atoms with E-state index in [0.29, 0.717) is 10.7 Å². The van der Waals surface area contributed by atoms with Crippen LogP contribution in [0.1, 0.15) is 0 Å². The monoisotopic (exact) mass is 194 g/mol. The molecule has 0 bridgehead atoms. The van der Waals surface area contributed by atoms with Crippen molar-refractivity contribution in [1.82, 2.24) is 14.8 Å². The summed E-state index contributed by atoms with van der Waals surface area (Å²) >= 11 is 5.69. The van der Waals surface area contributed by atoms with Crippen molar-refractivity contribution in [2.24, 2.45) is 0 Å². The Morgan fingerprint density at radius 3 is 2.46 bits per heavy atom. The first kappa shape index (κ1) is 8.07. The minimum Gasteiger partial charge on any atom is -0.248 e. The lowest BCUT2D eigenvalue weighted by Crippen LogP contribution is -1.89. The van der Waals surface area contributed by atoms with Crippen molar-refractivity contribution in [3.8, 4) is 11.7 Å². The van der Waals surface area contributed by atoms with E-state index in [1.54, 1.807) is 24.3 Å². The van der Waals surface area contributed by atoms with Crippen LogP contribution >= 0.6 is 11.6 Å². The maximum Gasteiger partial charge on any atom is 0.372 e. The third-order valence-electron chi connectivity index (χ3n) is 1.62. The van der Waals surface area contributed by atoms with Crippen molar-refractivity contribution >= 4 is 11.6 Å². The Balaban J connectivity index is 2.47. The van der Waals surface area contributed by atoms with E-state index in [1.807, 2.05) is 0 Å². The van der Waals surface area contributed by atoms with Crippen LogP contribution < -0.4 is 0 Å². The summed E-state index contributed by atoms with van der Waals surface area (Å²) in [6.45, 7) is 0. The second-order valence-electron chi connectivity index (χ2n) is 2.46. The van der Waals surface area contributed by atoms with Crippen LogP contribution in [0.4, 0.5) is 0 Å². The Morgan fingerprint density at radius 2 is 1.92 bits per heavy atom. The quantitative estimate of drug-likeness (QED) is 0.698. The summed E-state index contributed by atoms with van der Waals surface area (Å²) in [5.74, 6) is 0. The van der Waals surface area contributed by atoms with Crippen LogP contribution in [-0.2, 0) is 5.11 Å². The van der Waals surface area contributed by atoms with E-state index in [4.69, 9.17) is 11.6 Å². The summed E-state index contributed by atoms with van der Waals surface area (Å²) < 4.78 is 1.34. The van der Waals surface area contributed by atoms with Gasteiger partial charge in [0, 0.05) is 5.02 Å². The molecule has 0 aliphatic rings. The molecule has 0 aliphatic carbocycles. The lowest BCUT2D eigenvalue weighted by Gasteiger charge is -1.99. The van der Waals surface area contributed by atoms with Crippen LogP contribution in [0.3, 0.4) is 0 Å². The lowest BCUT2D eigenvalue weighted by atomic mass is 10.3. The van der Waals surface area contributed by atoms with E-state index in [1.165, 1.54) is 10.9 Å². The van der Waals surface area contributed by atoms with Gasteiger partial charge in [0.25, 0.3) is 0 Å². The van der Waals surface area contributed by atoms with Crippen molar-refractivity contribution in [1.29, 1.82) is 0 Å². The number of aromatic nitrogens is 3. The second-order valence-corrected chi connectivity index (χ2v) is 2.90. The maximum absolute atomic E-state index is 11.1. The zero-order valence-electron chi connectivity index (χ0n) is 6.51. The van der Waals surface area contributed by atoms with Crippen molar-refractivity contribution in [2.45, 2.75) is 0 Å². The molecule has 0 amide bonds. The molecule has 4 nitrogen and oxygen atoms in total. The SMILES string of the molecule is [O]c1nncn1-c1ccc(Cl)cc1. The molecule has 13 heavy (non-hydrogen) atoms. The molecule has 1 radical (unpaired) electrons. The molecule has 0 fully saturated rings. The smallest absolute Gasteiger partial charge is 0.248 e. The molecule has 5 heteroatoms. The molecule has 0 atom stereocenters. The Hall–Kier alpha value is -1.55. The summed E-state index contributed by atoms with van der Waals surface area (Å²) in [7, 11) is 0. The van der Waals surface area contributed by atoms with Gasteiger partial charge in [-0.05, 0) is 24.3 Å². The average Bonchev–Trinajstić information content (AvgIpc) is 2.53. The van der Waals surface area contributed by atoms with Gasteiger partial charge < -0.3 is 0 Å². The van der Waals surface area contributed by atoms with Crippen LogP contribution in [0.25, 0.3) is 5.69 Å². The Labute approximate surface area is 79.4 Å². The van der Waals surface area contributed by atoms with Crippen LogP contribution in [0.2, 0.25) is 5.02 Å². The molecule has 1 aromatic heterocycles. The number of nitrogens with zero attached hydrogens (tertiary/aromatic N) is 3. The molecule has 1 heterocycles. The molecule has 1 aromatic carbocycles. The summed E-state index contributed by atoms with van der Waals surface area (Å²) in [5.41, 5.74) is 0.708. The largest absolute Gasteiger partial charge is 0.372 e. The normalized spacial score (nSPS) is 10.2. The van der Waals surface area contributed by atoms with E-state index in [2.05, 4.69) is 10.2 Å². The molecule has 0 spiro atoms. The highest BCUT2D eigenvalue weighted by molar-refractivity contribution is 6.30. The fourth-order valence-corrected chi connectivity index (χ4v) is 1.13. The van der Waals surface area contributed by atoms with Gasteiger partial charge in [0.2, 0.25) is 0 Å². The molecule has 0 saturated heterocycles. The van der Waals surface area contributed by atoms with Crippen LogP contribution in [0.15, 0.2) is 30.6 Å². The van der Waals surface area contributed by atoms with E-state index < -0.39 is 0 Å². The van der Waals surface area contributed by atoms with E-state index in [0.717, 1.165) is 0 Å². The first-order valence-electron chi connectivity index (χ1n) is 3.60. The summed E-state index contributed by atoms with van der Waals surface area (Å²) in [6, 6.07) is 6.48. The number of hydrogen-bond acceptors (Lipinski definition) is 2. The van der Waals surface area contributed by atoms with Crippen molar-refractivity contribution in [3.05, 3.63) is 35.6 Å². The minimum atomic E-state index is -0.387. The highest BCUT2D eigenvalue weighted by Crippen LogP contribution is 2.16. The number of halogens is 1. The standard InChI is InChI=1S/C8H5ClN3O/c9-6-1-3-7(4-2-6)12-5-10-11-8(12)13/h1-5H. The van der Waals surface area contributed by atoms with Crippen LogP contribution in [0.5, 0.6) is 6.01 Å². The molecule has 0 unspecified atom stereocenters. The molecular formula is C8H5ClN3O. The first-order valence-corrected chi connectivity index (χ1v) is 3.98. The molecule has 0 saturated carbocycles. The fourth-order valence-electron chi connectivity index (χ4n) is 1.00. The predicted octanol–water partition coefficient (Wildman–Crippen LogP) is 2.06. The van der Waals surface area contributed by atoms with Gasteiger partial charge in [0.1, 0.15) is 6.33 Å². The summed E-state index contributed by atoms with van der Waals surface area (Å²) in [5, 5.41) is 18.5. The number of benzene rings is 1. The van der Waals surface area contributed by atoms with Gasteiger partial charge in [-0.1, -0.05) is 16.7 Å². The maximum atomic E-state index is 11.1. The van der Waals surface area contributed by atoms with Gasteiger partial charge in [-0.25, -0.2) is 9.67 Å². The molecule has 0 aliphatic heterocycles. The topological polar surface area (TPSA) is 50.6 Å². The van der Waals surface area contributed by atoms with Gasteiger partial charge in [-0.3, -0.25) is 0 Å². The molecule has 2 aromatic rings. The Bertz CT molecular complexity index is 410. The highest BCUT2D eigenvalue weighted by Gasteiger charge is 2.04. The predicted molar refractivity (Wildman–Crippen MR) is 46.5 cm³/mol. The molecule has 2 rings (SSSR count). The first-order chi connectivity index (χ1) is 6.27. The van der Waals surface area contributed by atoms with Gasteiger partial charge in [0.15, 0.2) is 0 Å². The van der Waals surface area contributed by atoms with E-state index >= 15 is 0 Å². The molecule has 65 valence electrons. The van der Waals surface area contributed by atoms with Crippen LogP contribution in [-0.4, -0.2) is 14.8 Å². The van der Waals surface area contributed by atoms with Crippen molar-refractivity contribution in [2.75, 3.05) is 0 Å². The van der Waals surface area contributed by atoms with Gasteiger partial charge in [0.05, 0.1) is 5.69 Å². The fraction of sp³-hybridized carbons (Fsp3) is 0. The van der Waals surface area contributed by atoms with Gasteiger partial charge >= 0.3 is 6.01 Å².